The number of rotatable bonds is 4. The third-order valence-electron chi connectivity index (χ3n) is 1.52. The molecule has 0 fully saturated rings. The van der Waals surface area contributed by atoms with E-state index in [4.69, 9.17) is 17.0 Å². The van der Waals surface area contributed by atoms with Crippen LogP contribution in [-0.4, -0.2) is 16.6 Å². The minimum atomic E-state index is 0.185. The van der Waals surface area contributed by atoms with Crippen LogP contribution >= 0.6 is 0 Å². The standard InChI is InChI=1S/C9H12N4O/c1-3-5-14-9-6-8(13-10)11-7(4-2)12-9/h1,6H,4-5,10H2,2H3,(H,11,12,13). The fourth-order valence-electron chi connectivity index (χ4n) is 0.894. The Morgan fingerprint density at radius 3 is 3.00 bits per heavy atom. The minimum Gasteiger partial charge on any atom is -0.464 e. The van der Waals surface area contributed by atoms with Crippen LogP contribution in [0.15, 0.2) is 6.07 Å². The van der Waals surface area contributed by atoms with Crippen molar-refractivity contribution in [1.29, 1.82) is 0 Å². The SMILES string of the molecule is C#CCOc1cc(NN)nc(CC)n1. The van der Waals surface area contributed by atoms with Crippen molar-refractivity contribution in [2.24, 2.45) is 5.84 Å². The molecule has 0 spiro atoms. The zero-order chi connectivity index (χ0) is 10.4. The molecule has 5 heteroatoms. The van der Waals surface area contributed by atoms with Crippen molar-refractivity contribution in [2.45, 2.75) is 13.3 Å². The quantitative estimate of drug-likeness (QED) is 0.409. The van der Waals surface area contributed by atoms with Crippen molar-refractivity contribution in [3.05, 3.63) is 11.9 Å². The Morgan fingerprint density at radius 2 is 2.43 bits per heavy atom. The van der Waals surface area contributed by atoms with Gasteiger partial charge in [0.25, 0.3) is 0 Å². The molecule has 0 atom stereocenters. The molecule has 5 nitrogen and oxygen atoms in total. The van der Waals surface area contributed by atoms with E-state index in [0.29, 0.717) is 23.9 Å². The van der Waals surface area contributed by atoms with Crippen molar-refractivity contribution < 1.29 is 4.74 Å². The van der Waals surface area contributed by atoms with Gasteiger partial charge in [0, 0.05) is 12.5 Å². The van der Waals surface area contributed by atoms with Gasteiger partial charge in [-0.25, -0.2) is 10.8 Å². The van der Waals surface area contributed by atoms with Crippen LogP contribution in [0.1, 0.15) is 12.7 Å². The number of nitrogen functional groups attached to an aromatic ring is 1. The van der Waals surface area contributed by atoms with Gasteiger partial charge in [-0.05, 0) is 0 Å². The molecule has 3 N–H and O–H groups in total. The summed E-state index contributed by atoms with van der Waals surface area (Å²) in [5, 5.41) is 0. The Bertz CT molecular complexity index is 323. The summed E-state index contributed by atoms with van der Waals surface area (Å²) in [7, 11) is 0. The molecule has 74 valence electrons. The number of ether oxygens (including phenoxy) is 1. The lowest BCUT2D eigenvalue weighted by Crippen LogP contribution is -2.11. The van der Waals surface area contributed by atoms with Gasteiger partial charge in [-0.2, -0.15) is 4.98 Å². The molecule has 0 aliphatic heterocycles. The topological polar surface area (TPSA) is 73.1 Å². The van der Waals surface area contributed by atoms with Crippen LogP contribution in [-0.2, 0) is 6.42 Å². The first-order valence-corrected chi connectivity index (χ1v) is 4.21. The molecule has 0 saturated carbocycles. The van der Waals surface area contributed by atoms with Crippen LogP contribution in [0.4, 0.5) is 5.82 Å². The van der Waals surface area contributed by atoms with Crippen LogP contribution in [0.2, 0.25) is 0 Å². The molecule has 1 rings (SSSR count). The van der Waals surface area contributed by atoms with E-state index >= 15 is 0 Å². The molecule has 1 aromatic heterocycles. The van der Waals surface area contributed by atoms with E-state index in [1.165, 1.54) is 0 Å². The maximum absolute atomic E-state index is 5.23. The average molecular weight is 192 g/mol. The maximum atomic E-state index is 5.23. The van der Waals surface area contributed by atoms with E-state index in [0.717, 1.165) is 0 Å². The molecule has 0 saturated heterocycles. The van der Waals surface area contributed by atoms with Gasteiger partial charge >= 0.3 is 0 Å². The lowest BCUT2D eigenvalue weighted by Gasteiger charge is -2.05. The Labute approximate surface area is 82.7 Å². The molecule has 1 heterocycles. The molecule has 0 amide bonds. The summed E-state index contributed by atoms with van der Waals surface area (Å²) in [6.45, 7) is 2.13. The predicted molar refractivity (Wildman–Crippen MR) is 53.5 cm³/mol. The number of nitrogens with zero attached hydrogens (tertiary/aromatic N) is 2. The van der Waals surface area contributed by atoms with Gasteiger partial charge in [0.05, 0.1) is 0 Å². The number of terminal acetylenes is 1. The number of hydrazine groups is 1. The molecule has 1 aromatic rings. The first-order valence-electron chi connectivity index (χ1n) is 4.21. The molecule has 0 bridgehead atoms. The van der Waals surface area contributed by atoms with Gasteiger partial charge in [0.15, 0.2) is 6.61 Å². The average Bonchev–Trinajstić information content (AvgIpc) is 2.25. The number of nitrogens with two attached hydrogens (primary N) is 1. The van der Waals surface area contributed by atoms with E-state index in [2.05, 4.69) is 21.3 Å². The van der Waals surface area contributed by atoms with E-state index in [-0.39, 0.29) is 6.61 Å². The minimum absolute atomic E-state index is 0.185. The van der Waals surface area contributed by atoms with E-state index in [9.17, 15) is 0 Å². The molecular weight excluding hydrogens is 180 g/mol. The normalized spacial score (nSPS) is 9.21. The Kier molecular flexibility index (Phi) is 3.70. The van der Waals surface area contributed by atoms with Gasteiger partial charge in [0.1, 0.15) is 11.6 Å². The summed E-state index contributed by atoms with van der Waals surface area (Å²) in [6, 6.07) is 1.59. The van der Waals surface area contributed by atoms with E-state index in [1.54, 1.807) is 6.07 Å². The van der Waals surface area contributed by atoms with E-state index < -0.39 is 0 Å². The van der Waals surface area contributed by atoms with Gasteiger partial charge in [-0.15, -0.1) is 6.42 Å². The smallest absolute Gasteiger partial charge is 0.219 e. The van der Waals surface area contributed by atoms with Crippen LogP contribution < -0.4 is 16.0 Å². The highest BCUT2D eigenvalue weighted by molar-refractivity contribution is 5.37. The second-order valence-electron chi connectivity index (χ2n) is 2.50. The Hall–Kier alpha value is -1.80. The molecule has 0 aliphatic rings. The molecule has 0 aliphatic carbocycles. The summed E-state index contributed by atoms with van der Waals surface area (Å²) in [5.41, 5.74) is 2.44. The highest BCUT2D eigenvalue weighted by Crippen LogP contribution is 2.12. The Morgan fingerprint density at radius 1 is 1.64 bits per heavy atom. The van der Waals surface area contributed by atoms with Crippen LogP contribution in [0.3, 0.4) is 0 Å². The predicted octanol–water partition coefficient (Wildman–Crippen LogP) is 0.337. The van der Waals surface area contributed by atoms with E-state index in [1.807, 2.05) is 6.92 Å². The zero-order valence-corrected chi connectivity index (χ0v) is 7.95. The lowest BCUT2D eigenvalue weighted by molar-refractivity contribution is 0.353. The van der Waals surface area contributed by atoms with Gasteiger partial charge in [-0.1, -0.05) is 12.8 Å². The highest BCUT2D eigenvalue weighted by atomic mass is 16.5. The van der Waals surface area contributed by atoms with Crippen LogP contribution in [0.5, 0.6) is 5.88 Å². The van der Waals surface area contributed by atoms with Crippen LogP contribution in [0.25, 0.3) is 0 Å². The molecule has 0 unspecified atom stereocenters. The molecule has 0 aromatic carbocycles. The number of aryl methyl sites for hydroxylation is 1. The Balaban J connectivity index is 2.87. The van der Waals surface area contributed by atoms with Gasteiger partial charge in [0.2, 0.25) is 5.88 Å². The summed E-state index contributed by atoms with van der Waals surface area (Å²) >= 11 is 0. The molecular formula is C9H12N4O. The fourth-order valence-corrected chi connectivity index (χ4v) is 0.894. The van der Waals surface area contributed by atoms with Crippen LogP contribution in [0, 0.1) is 12.3 Å². The summed E-state index contributed by atoms with van der Waals surface area (Å²) in [5.74, 6) is 9.20. The van der Waals surface area contributed by atoms with Gasteiger partial charge < -0.3 is 10.2 Å². The first-order chi connectivity index (χ1) is 6.80. The summed E-state index contributed by atoms with van der Waals surface area (Å²) in [6.07, 6.45) is 5.77. The first kappa shape index (κ1) is 10.3. The van der Waals surface area contributed by atoms with Crippen molar-refractivity contribution in [3.8, 4) is 18.2 Å². The fraction of sp³-hybridized carbons (Fsp3) is 0.333. The van der Waals surface area contributed by atoms with Crippen molar-refractivity contribution in [1.82, 2.24) is 9.97 Å². The molecule has 14 heavy (non-hydrogen) atoms. The molecule has 0 radical (unpaired) electrons. The zero-order valence-electron chi connectivity index (χ0n) is 7.95. The number of hydrogen-bond acceptors (Lipinski definition) is 5. The largest absolute Gasteiger partial charge is 0.464 e. The lowest BCUT2D eigenvalue weighted by atomic mass is 10.4. The van der Waals surface area contributed by atoms with Crippen molar-refractivity contribution in [3.63, 3.8) is 0 Å². The van der Waals surface area contributed by atoms with Gasteiger partial charge in [-0.3, -0.25) is 0 Å². The second-order valence-corrected chi connectivity index (χ2v) is 2.50. The number of anilines is 1. The number of hydrogen-bond donors (Lipinski definition) is 2. The third-order valence-corrected chi connectivity index (χ3v) is 1.52. The summed E-state index contributed by atoms with van der Waals surface area (Å²) in [4.78, 5) is 8.21. The summed E-state index contributed by atoms with van der Waals surface area (Å²) < 4.78 is 5.16. The van der Waals surface area contributed by atoms with Crippen molar-refractivity contribution >= 4 is 5.82 Å². The van der Waals surface area contributed by atoms with Crippen molar-refractivity contribution in [2.75, 3.05) is 12.0 Å². The number of aromatic nitrogens is 2. The monoisotopic (exact) mass is 192 g/mol. The number of nitrogens with one attached hydrogen (secondary N) is 1. The third kappa shape index (κ3) is 2.61. The highest BCUT2D eigenvalue weighted by Gasteiger charge is 2.02. The second kappa shape index (κ2) is 5.04. The maximum Gasteiger partial charge on any atom is 0.219 e.